The molecule has 4 N–H and O–H groups in total. The van der Waals surface area contributed by atoms with Crippen LogP contribution in [0.15, 0.2) is 47.4 Å². The lowest BCUT2D eigenvalue weighted by molar-refractivity contribution is -0.150. The predicted octanol–water partition coefficient (Wildman–Crippen LogP) is 0.552. The van der Waals surface area contributed by atoms with Gasteiger partial charge in [0.2, 0.25) is 10.0 Å². The Labute approximate surface area is 161 Å². The average Bonchev–Trinajstić information content (AvgIpc) is 2.82. The lowest BCUT2D eigenvalue weighted by Gasteiger charge is -2.21. The van der Waals surface area contributed by atoms with Gasteiger partial charge in [0.1, 0.15) is 5.75 Å². The van der Waals surface area contributed by atoms with Crippen molar-refractivity contribution < 1.29 is 33.0 Å². The molecule has 10 heteroatoms. The largest absolute Gasteiger partial charge is 0.497 e. The van der Waals surface area contributed by atoms with Crippen LogP contribution in [0.2, 0.25) is 0 Å². The Morgan fingerprint density at radius 3 is 2.39 bits per heavy atom. The monoisotopic (exact) mass is 406 g/mol. The minimum atomic E-state index is -3.85. The van der Waals surface area contributed by atoms with Crippen LogP contribution in [0.1, 0.15) is 17.5 Å². The van der Waals surface area contributed by atoms with E-state index in [2.05, 4.69) is 0 Å². The number of aliphatic hydroxyl groups is 1. The molecule has 0 fully saturated rings. The number of hydrogen-bond acceptors (Lipinski definition) is 6. The molecule has 1 heterocycles. The Kier molecular flexibility index (Phi) is 4.88. The van der Waals surface area contributed by atoms with E-state index in [1.165, 1.54) is 54.5 Å². The van der Waals surface area contributed by atoms with Crippen molar-refractivity contribution in [1.82, 2.24) is 0 Å². The van der Waals surface area contributed by atoms with Gasteiger partial charge in [0, 0.05) is 11.6 Å². The van der Waals surface area contributed by atoms with Crippen molar-refractivity contribution in [2.75, 3.05) is 12.0 Å². The van der Waals surface area contributed by atoms with Crippen molar-refractivity contribution in [2.24, 2.45) is 5.14 Å². The number of ether oxygens (including phenoxy) is 1. The zero-order valence-corrected chi connectivity index (χ0v) is 15.6. The third kappa shape index (κ3) is 3.44. The number of nitrogens with two attached hydrogens (primary N) is 1. The second-order valence-corrected chi connectivity index (χ2v) is 7.96. The molecule has 28 heavy (non-hydrogen) atoms. The summed E-state index contributed by atoms with van der Waals surface area (Å²) in [6.45, 7) is -0.00811. The van der Waals surface area contributed by atoms with Crippen molar-refractivity contribution in [3.8, 4) is 5.75 Å². The number of anilines is 1. The Balaban J connectivity index is 2.01. The SMILES string of the molecule is COc1ccc2c(c1)N(Cc1ccc(S(N)(=O)=O)cc1)C(=O)C2(O)CC(=O)O. The molecule has 0 aromatic heterocycles. The molecule has 0 saturated heterocycles. The number of amides is 1. The van der Waals surface area contributed by atoms with Crippen molar-refractivity contribution in [1.29, 1.82) is 0 Å². The molecule has 0 bridgehead atoms. The molecule has 2 aromatic carbocycles. The summed E-state index contributed by atoms with van der Waals surface area (Å²) in [5.41, 5.74) is -1.15. The van der Waals surface area contributed by atoms with Gasteiger partial charge < -0.3 is 19.8 Å². The van der Waals surface area contributed by atoms with Crippen molar-refractivity contribution in [3.05, 3.63) is 53.6 Å². The molecular weight excluding hydrogens is 388 g/mol. The topological polar surface area (TPSA) is 147 Å². The molecule has 9 nitrogen and oxygen atoms in total. The molecular formula is C18H18N2O7S. The highest BCUT2D eigenvalue weighted by Gasteiger charge is 2.51. The first-order valence-corrected chi connectivity index (χ1v) is 9.67. The normalized spacial score (nSPS) is 18.8. The number of primary sulfonamides is 1. The maximum absolute atomic E-state index is 12.9. The van der Waals surface area contributed by atoms with Gasteiger partial charge >= 0.3 is 5.97 Å². The summed E-state index contributed by atoms with van der Waals surface area (Å²) in [6, 6.07) is 10.1. The van der Waals surface area contributed by atoms with E-state index < -0.39 is 33.9 Å². The van der Waals surface area contributed by atoms with E-state index in [1.807, 2.05) is 0 Å². The lowest BCUT2D eigenvalue weighted by Crippen LogP contribution is -2.41. The molecule has 1 unspecified atom stereocenters. The minimum Gasteiger partial charge on any atom is -0.497 e. The molecule has 2 aromatic rings. The van der Waals surface area contributed by atoms with Crippen LogP contribution >= 0.6 is 0 Å². The van der Waals surface area contributed by atoms with Crippen LogP contribution < -0.4 is 14.8 Å². The van der Waals surface area contributed by atoms with Gasteiger partial charge in [0.15, 0.2) is 5.60 Å². The first-order chi connectivity index (χ1) is 13.1. The first kappa shape index (κ1) is 19.8. The highest BCUT2D eigenvalue weighted by atomic mass is 32.2. The second kappa shape index (κ2) is 6.89. The quantitative estimate of drug-likeness (QED) is 0.635. The van der Waals surface area contributed by atoms with E-state index in [-0.39, 0.29) is 17.0 Å². The number of nitrogens with zero attached hydrogens (tertiary/aromatic N) is 1. The number of benzene rings is 2. The average molecular weight is 406 g/mol. The van der Waals surface area contributed by atoms with Gasteiger partial charge in [-0.2, -0.15) is 0 Å². The van der Waals surface area contributed by atoms with Crippen LogP contribution in [0, 0.1) is 0 Å². The van der Waals surface area contributed by atoms with E-state index in [9.17, 15) is 23.1 Å². The summed E-state index contributed by atoms with van der Waals surface area (Å²) in [5.74, 6) is -1.67. The summed E-state index contributed by atoms with van der Waals surface area (Å²) in [4.78, 5) is 25.3. The maximum Gasteiger partial charge on any atom is 0.307 e. The molecule has 1 aliphatic heterocycles. The molecule has 148 valence electrons. The van der Waals surface area contributed by atoms with Gasteiger partial charge in [0.05, 0.1) is 30.7 Å². The van der Waals surface area contributed by atoms with Crippen LogP contribution in [-0.2, 0) is 31.8 Å². The fourth-order valence-corrected chi connectivity index (χ4v) is 3.69. The third-order valence-corrected chi connectivity index (χ3v) is 5.47. The molecule has 3 rings (SSSR count). The molecule has 1 aliphatic rings. The zero-order chi connectivity index (χ0) is 20.7. The smallest absolute Gasteiger partial charge is 0.307 e. The van der Waals surface area contributed by atoms with Crippen LogP contribution in [0.3, 0.4) is 0 Å². The van der Waals surface area contributed by atoms with Crippen molar-refractivity contribution >= 4 is 27.6 Å². The maximum atomic E-state index is 12.9. The van der Waals surface area contributed by atoms with E-state index in [4.69, 9.17) is 15.0 Å². The van der Waals surface area contributed by atoms with E-state index in [1.54, 1.807) is 0 Å². The highest BCUT2D eigenvalue weighted by Crippen LogP contribution is 2.44. The van der Waals surface area contributed by atoms with Crippen LogP contribution in [0.4, 0.5) is 5.69 Å². The summed E-state index contributed by atoms with van der Waals surface area (Å²) in [7, 11) is -2.41. The van der Waals surface area contributed by atoms with Gasteiger partial charge in [-0.15, -0.1) is 0 Å². The molecule has 1 amide bonds. The highest BCUT2D eigenvalue weighted by molar-refractivity contribution is 7.89. The fourth-order valence-electron chi connectivity index (χ4n) is 3.17. The number of rotatable bonds is 6. The van der Waals surface area contributed by atoms with Gasteiger partial charge in [-0.25, -0.2) is 13.6 Å². The van der Waals surface area contributed by atoms with Crippen LogP contribution in [-0.4, -0.2) is 37.6 Å². The number of carboxylic acid groups (broad SMARTS) is 1. The van der Waals surface area contributed by atoms with Crippen LogP contribution in [0.5, 0.6) is 5.75 Å². The van der Waals surface area contributed by atoms with Crippen LogP contribution in [0.25, 0.3) is 0 Å². The summed E-state index contributed by atoms with van der Waals surface area (Å²) >= 11 is 0. The summed E-state index contributed by atoms with van der Waals surface area (Å²) in [6.07, 6.45) is -0.786. The fraction of sp³-hybridized carbons (Fsp3) is 0.222. The second-order valence-electron chi connectivity index (χ2n) is 6.39. The summed E-state index contributed by atoms with van der Waals surface area (Å²) < 4.78 is 27.9. The molecule has 0 radical (unpaired) electrons. The molecule has 0 saturated carbocycles. The Bertz CT molecular complexity index is 1050. The number of carboxylic acids is 1. The predicted molar refractivity (Wildman–Crippen MR) is 98.1 cm³/mol. The minimum absolute atomic E-state index is 0.00811. The number of aliphatic carboxylic acids is 1. The Hall–Kier alpha value is -2.95. The number of sulfonamides is 1. The van der Waals surface area contributed by atoms with Gasteiger partial charge in [-0.3, -0.25) is 9.59 Å². The van der Waals surface area contributed by atoms with E-state index in [0.717, 1.165) is 0 Å². The number of carbonyl (C=O) groups excluding carboxylic acids is 1. The number of carbonyl (C=O) groups is 2. The number of hydrogen-bond donors (Lipinski definition) is 3. The van der Waals surface area contributed by atoms with Gasteiger partial charge in [0.25, 0.3) is 5.91 Å². The first-order valence-electron chi connectivity index (χ1n) is 8.12. The Morgan fingerprint density at radius 2 is 1.86 bits per heavy atom. The third-order valence-electron chi connectivity index (χ3n) is 4.54. The molecule has 0 spiro atoms. The number of methoxy groups -OCH3 is 1. The van der Waals surface area contributed by atoms with E-state index >= 15 is 0 Å². The molecule has 1 atom stereocenters. The van der Waals surface area contributed by atoms with E-state index in [0.29, 0.717) is 17.0 Å². The molecule has 0 aliphatic carbocycles. The standard InChI is InChI=1S/C18H18N2O7S/c1-27-12-4-7-14-15(8-12)20(17(23)18(14,24)9-16(21)22)10-11-2-5-13(6-3-11)28(19,25)26/h2-8,24H,9-10H2,1H3,(H,21,22)(H2,19,25,26). The zero-order valence-electron chi connectivity index (χ0n) is 14.8. The van der Waals surface area contributed by atoms with Gasteiger partial charge in [-0.05, 0) is 29.8 Å². The number of fused-ring (bicyclic) bond motifs is 1. The summed E-state index contributed by atoms with van der Waals surface area (Å²) in [5, 5.41) is 25.1. The Morgan fingerprint density at radius 1 is 1.21 bits per heavy atom. The lowest BCUT2D eigenvalue weighted by atomic mass is 9.92. The van der Waals surface area contributed by atoms with Crippen molar-refractivity contribution in [3.63, 3.8) is 0 Å². The van der Waals surface area contributed by atoms with Gasteiger partial charge in [-0.1, -0.05) is 12.1 Å². The van der Waals surface area contributed by atoms with Crippen molar-refractivity contribution in [2.45, 2.75) is 23.5 Å².